The normalized spacial score (nSPS) is 12.4. The van der Waals surface area contributed by atoms with Gasteiger partial charge in [-0.1, -0.05) is 12.1 Å². The van der Waals surface area contributed by atoms with Crippen molar-refractivity contribution in [2.24, 2.45) is 5.90 Å². The zero-order valence-electron chi connectivity index (χ0n) is 7.38. The van der Waals surface area contributed by atoms with Gasteiger partial charge in [0.25, 0.3) is 0 Å². The van der Waals surface area contributed by atoms with E-state index in [9.17, 15) is 4.79 Å². The van der Waals surface area contributed by atoms with Crippen LogP contribution in [0.3, 0.4) is 0 Å². The highest BCUT2D eigenvalue weighted by Crippen LogP contribution is 2.20. The smallest absolute Gasteiger partial charge is 0.313 e. The number of carbonyl (C=O) groups is 1. The fraction of sp³-hybridized carbons (Fsp3) is 0.222. The number of benzene rings is 1. The predicted octanol–water partition coefficient (Wildman–Crippen LogP) is 0.451. The second kappa shape index (κ2) is 4.59. The van der Waals surface area contributed by atoms with Gasteiger partial charge in [-0.05, 0) is 17.7 Å². The molecule has 1 aromatic rings. The molecular formula is C9H11NO4. The van der Waals surface area contributed by atoms with E-state index < -0.39 is 11.9 Å². The fourth-order valence-corrected chi connectivity index (χ4v) is 1.15. The Morgan fingerprint density at radius 2 is 2.29 bits per heavy atom. The maximum Gasteiger partial charge on any atom is 0.313 e. The number of aliphatic carboxylic acids is 1. The van der Waals surface area contributed by atoms with Crippen LogP contribution in [-0.2, 0) is 9.63 Å². The van der Waals surface area contributed by atoms with Crippen molar-refractivity contribution in [3.8, 4) is 5.75 Å². The predicted molar refractivity (Wildman–Crippen MR) is 48.6 cm³/mol. The molecule has 5 heteroatoms. The number of carboxylic acids is 1. The minimum Gasteiger partial charge on any atom is -0.508 e. The number of phenols is 1. The molecule has 0 spiro atoms. The Morgan fingerprint density at radius 3 is 2.79 bits per heavy atom. The summed E-state index contributed by atoms with van der Waals surface area (Å²) >= 11 is 0. The van der Waals surface area contributed by atoms with E-state index in [1.807, 2.05) is 0 Å². The molecule has 0 bridgehead atoms. The zero-order chi connectivity index (χ0) is 10.6. The van der Waals surface area contributed by atoms with Crippen molar-refractivity contribution in [2.75, 3.05) is 6.61 Å². The van der Waals surface area contributed by atoms with E-state index in [0.29, 0.717) is 5.56 Å². The lowest BCUT2D eigenvalue weighted by molar-refractivity contribution is -0.140. The van der Waals surface area contributed by atoms with Crippen molar-refractivity contribution >= 4 is 5.97 Å². The molecule has 0 aromatic heterocycles. The SMILES string of the molecule is NOCC(C(=O)O)c1cccc(O)c1. The average molecular weight is 197 g/mol. The molecule has 14 heavy (non-hydrogen) atoms. The number of rotatable bonds is 4. The van der Waals surface area contributed by atoms with Crippen LogP contribution in [0.1, 0.15) is 11.5 Å². The van der Waals surface area contributed by atoms with Gasteiger partial charge in [0.05, 0.1) is 6.61 Å². The van der Waals surface area contributed by atoms with Crippen molar-refractivity contribution in [1.29, 1.82) is 0 Å². The second-order valence-electron chi connectivity index (χ2n) is 2.82. The molecule has 0 radical (unpaired) electrons. The maximum absolute atomic E-state index is 10.8. The van der Waals surface area contributed by atoms with Gasteiger partial charge in [0.1, 0.15) is 11.7 Å². The third-order valence-electron chi connectivity index (χ3n) is 1.83. The van der Waals surface area contributed by atoms with Gasteiger partial charge in [0, 0.05) is 0 Å². The summed E-state index contributed by atoms with van der Waals surface area (Å²) < 4.78 is 0. The van der Waals surface area contributed by atoms with E-state index in [1.54, 1.807) is 12.1 Å². The lowest BCUT2D eigenvalue weighted by atomic mass is 10.0. The Labute approximate surface area is 80.7 Å². The average Bonchev–Trinajstić information content (AvgIpc) is 2.13. The Kier molecular flexibility index (Phi) is 3.44. The van der Waals surface area contributed by atoms with Crippen molar-refractivity contribution < 1.29 is 19.8 Å². The molecule has 0 saturated heterocycles. The summed E-state index contributed by atoms with van der Waals surface area (Å²) in [6, 6.07) is 6.00. The van der Waals surface area contributed by atoms with Gasteiger partial charge >= 0.3 is 5.97 Å². The van der Waals surface area contributed by atoms with Crippen molar-refractivity contribution in [2.45, 2.75) is 5.92 Å². The summed E-state index contributed by atoms with van der Waals surface area (Å²) in [5.41, 5.74) is 0.461. The molecule has 0 aliphatic heterocycles. The number of carboxylic acid groups (broad SMARTS) is 1. The van der Waals surface area contributed by atoms with E-state index in [2.05, 4.69) is 4.84 Å². The van der Waals surface area contributed by atoms with Crippen LogP contribution in [-0.4, -0.2) is 22.8 Å². The standard InChI is InChI=1S/C9H11NO4/c10-14-5-8(9(12)13)6-2-1-3-7(11)4-6/h1-4,8,11H,5,10H2,(H,12,13). The molecule has 0 fully saturated rings. The summed E-state index contributed by atoms with van der Waals surface area (Å²) in [5.74, 6) is 2.94. The topological polar surface area (TPSA) is 92.8 Å². The molecule has 0 aliphatic rings. The number of hydrogen-bond acceptors (Lipinski definition) is 4. The number of nitrogens with two attached hydrogens (primary N) is 1. The van der Waals surface area contributed by atoms with Crippen molar-refractivity contribution in [1.82, 2.24) is 0 Å². The lowest BCUT2D eigenvalue weighted by Gasteiger charge is -2.10. The van der Waals surface area contributed by atoms with Crippen LogP contribution < -0.4 is 5.90 Å². The molecule has 4 N–H and O–H groups in total. The van der Waals surface area contributed by atoms with Gasteiger partial charge in [0.2, 0.25) is 0 Å². The molecule has 0 amide bonds. The number of aromatic hydroxyl groups is 1. The molecular weight excluding hydrogens is 186 g/mol. The quantitative estimate of drug-likeness (QED) is 0.609. The summed E-state index contributed by atoms with van der Waals surface area (Å²) in [4.78, 5) is 15.1. The Morgan fingerprint density at radius 1 is 1.57 bits per heavy atom. The van der Waals surface area contributed by atoms with Crippen LogP contribution >= 0.6 is 0 Å². The maximum atomic E-state index is 10.8. The first-order valence-corrected chi connectivity index (χ1v) is 3.98. The van der Waals surface area contributed by atoms with Gasteiger partial charge in [-0.25, -0.2) is 5.90 Å². The lowest BCUT2D eigenvalue weighted by Crippen LogP contribution is -2.19. The van der Waals surface area contributed by atoms with Gasteiger partial charge in [-0.15, -0.1) is 0 Å². The highest BCUT2D eigenvalue weighted by Gasteiger charge is 2.19. The highest BCUT2D eigenvalue weighted by atomic mass is 16.6. The van der Waals surface area contributed by atoms with E-state index in [1.165, 1.54) is 12.1 Å². The van der Waals surface area contributed by atoms with Crippen LogP contribution in [0.2, 0.25) is 0 Å². The minimum absolute atomic E-state index is 0.0192. The van der Waals surface area contributed by atoms with E-state index in [-0.39, 0.29) is 12.4 Å². The molecule has 1 aromatic carbocycles. The highest BCUT2D eigenvalue weighted by molar-refractivity contribution is 5.76. The van der Waals surface area contributed by atoms with E-state index >= 15 is 0 Å². The van der Waals surface area contributed by atoms with Gasteiger partial charge in [0.15, 0.2) is 0 Å². The third-order valence-corrected chi connectivity index (χ3v) is 1.83. The number of phenolic OH excluding ortho intramolecular Hbond substituents is 1. The monoisotopic (exact) mass is 197 g/mol. The molecule has 1 rings (SSSR count). The first kappa shape index (κ1) is 10.5. The molecule has 5 nitrogen and oxygen atoms in total. The molecule has 1 unspecified atom stereocenters. The van der Waals surface area contributed by atoms with Crippen molar-refractivity contribution in [3.05, 3.63) is 29.8 Å². The molecule has 0 aliphatic carbocycles. The van der Waals surface area contributed by atoms with Gasteiger partial charge in [-0.3, -0.25) is 4.79 Å². The Bertz CT molecular complexity index is 326. The summed E-state index contributed by atoms with van der Waals surface area (Å²) in [6.45, 7) is -0.126. The van der Waals surface area contributed by atoms with Crippen molar-refractivity contribution in [3.63, 3.8) is 0 Å². The molecule has 0 heterocycles. The second-order valence-corrected chi connectivity index (χ2v) is 2.82. The summed E-state index contributed by atoms with van der Waals surface area (Å²) in [7, 11) is 0. The first-order valence-electron chi connectivity index (χ1n) is 3.98. The van der Waals surface area contributed by atoms with Crippen LogP contribution in [0.4, 0.5) is 0 Å². The van der Waals surface area contributed by atoms with E-state index in [4.69, 9.17) is 16.1 Å². The van der Waals surface area contributed by atoms with Crippen LogP contribution in [0.5, 0.6) is 5.75 Å². The minimum atomic E-state index is -1.04. The molecule has 0 saturated carbocycles. The largest absolute Gasteiger partial charge is 0.508 e. The Hall–Kier alpha value is -1.59. The molecule has 1 atom stereocenters. The molecule has 76 valence electrons. The summed E-state index contributed by atoms with van der Waals surface area (Å²) in [6.07, 6.45) is 0. The zero-order valence-corrected chi connectivity index (χ0v) is 7.38. The van der Waals surface area contributed by atoms with Crippen LogP contribution in [0, 0.1) is 0 Å². The van der Waals surface area contributed by atoms with Crippen LogP contribution in [0.15, 0.2) is 24.3 Å². The number of hydrogen-bond donors (Lipinski definition) is 3. The van der Waals surface area contributed by atoms with Crippen LogP contribution in [0.25, 0.3) is 0 Å². The fourth-order valence-electron chi connectivity index (χ4n) is 1.15. The summed E-state index contributed by atoms with van der Waals surface area (Å²) in [5, 5.41) is 18.0. The third kappa shape index (κ3) is 2.45. The first-order chi connectivity index (χ1) is 6.65. The van der Waals surface area contributed by atoms with Gasteiger partial charge < -0.3 is 15.1 Å². The van der Waals surface area contributed by atoms with Gasteiger partial charge in [-0.2, -0.15) is 0 Å². The van der Waals surface area contributed by atoms with E-state index in [0.717, 1.165) is 0 Å². The Balaban J connectivity index is 2.93.